The maximum absolute atomic E-state index is 14.1. The summed E-state index contributed by atoms with van der Waals surface area (Å²) in [5.41, 5.74) is -1.81. The summed E-state index contributed by atoms with van der Waals surface area (Å²) in [5.74, 6) is -0.0987. The van der Waals surface area contributed by atoms with E-state index in [-0.39, 0.29) is 41.3 Å². The van der Waals surface area contributed by atoms with E-state index in [0.29, 0.717) is 32.2 Å². The number of aromatic nitrogens is 2. The maximum atomic E-state index is 14.1. The number of carbonyl (C=O) groups is 2. The summed E-state index contributed by atoms with van der Waals surface area (Å²) in [6, 6.07) is 4.21. The standard InChI is InChI=1S/C35H52F3N5O5/c1-8-9-10-11-12-13-14-15-17-24-19-20-25(22-27(24)35(36,37)38)28-39-29(48-42-28)26-18-16-21-43(23-26)30(40-31(44)46-33(2,3)4)41-32(45)47-34(5,6)7/h19-20,22,26H,8-18,21,23H2,1-7H3,(H,40,41,44,45)/t26-/m1/s1. The predicted molar refractivity (Wildman–Crippen MR) is 178 cm³/mol. The minimum absolute atomic E-state index is 0.0511. The van der Waals surface area contributed by atoms with Gasteiger partial charge in [-0.15, -0.1) is 4.99 Å². The number of hydrogen-bond acceptors (Lipinski definition) is 7. The maximum Gasteiger partial charge on any atom is 0.437 e. The highest BCUT2D eigenvalue weighted by Gasteiger charge is 2.35. The second kappa shape index (κ2) is 17.1. The van der Waals surface area contributed by atoms with Crippen molar-refractivity contribution in [3.63, 3.8) is 0 Å². The molecule has 0 aliphatic carbocycles. The highest BCUT2D eigenvalue weighted by molar-refractivity contribution is 5.99. The lowest BCUT2D eigenvalue weighted by molar-refractivity contribution is -0.138. The van der Waals surface area contributed by atoms with Gasteiger partial charge in [-0.05, 0) is 78.9 Å². The minimum Gasteiger partial charge on any atom is -0.444 e. The molecule has 268 valence electrons. The van der Waals surface area contributed by atoms with Crippen LogP contribution in [0.4, 0.5) is 22.8 Å². The number of carbonyl (C=O) groups excluding carboxylic acids is 2. The van der Waals surface area contributed by atoms with Crippen LogP contribution in [0.5, 0.6) is 0 Å². The normalized spacial score (nSPS) is 16.2. The second-order valence-electron chi connectivity index (χ2n) is 14.4. The molecular formula is C35H52F3N5O5. The van der Waals surface area contributed by atoms with Crippen LogP contribution < -0.4 is 5.32 Å². The van der Waals surface area contributed by atoms with E-state index in [4.69, 9.17) is 14.0 Å². The van der Waals surface area contributed by atoms with Crippen molar-refractivity contribution in [3.05, 3.63) is 35.2 Å². The molecule has 2 aromatic rings. The van der Waals surface area contributed by atoms with E-state index >= 15 is 0 Å². The van der Waals surface area contributed by atoms with Crippen LogP contribution in [0, 0.1) is 0 Å². The number of amides is 2. The molecule has 1 fully saturated rings. The van der Waals surface area contributed by atoms with Gasteiger partial charge in [0.05, 0.1) is 11.5 Å². The molecular weight excluding hydrogens is 627 g/mol. The lowest BCUT2D eigenvalue weighted by atomic mass is 9.97. The zero-order chi connectivity index (χ0) is 35.5. The average Bonchev–Trinajstić information content (AvgIpc) is 3.46. The Bertz CT molecular complexity index is 1380. The number of benzene rings is 1. The molecule has 1 aliphatic heterocycles. The number of aryl methyl sites for hydroxylation is 1. The van der Waals surface area contributed by atoms with Crippen molar-refractivity contribution in [1.82, 2.24) is 20.4 Å². The molecule has 1 saturated heterocycles. The Balaban J connectivity index is 1.74. The fourth-order valence-corrected chi connectivity index (χ4v) is 5.48. The van der Waals surface area contributed by atoms with Crippen molar-refractivity contribution in [3.8, 4) is 11.4 Å². The zero-order valence-corrected chi connectivity index (χ0v) is 29.5. The topological polar surface area (TPSA) is 119 Å². The van der Waals surface area contributed by atoms with Crippen molar-refractivity contribution in [2.24, 2.45) is 4.99 Å². The molecule has 1 N–H and O–H groups in total. The molecule has 0 radical (unpaired) electrons. The Labute approximate surface area is 282 Å². The Kier molecular flexibility index (Phi) is 13.9. The predicted octanol–water partition coefficient (Wildman–Crippen LogP) is 9.43. The van der Waals surface area contributed by atoms with Crippen LogP contribution >= 0.6 is 0 Å². The van der Waals surface area contributed by atoms with Crippen LogP contribution in [0.25, 0.3) is 11.4 Å². The number of piperidine rings is 1. The van der Waals surface area contributed by atoms with Crippen molar-refractivity contribution < 1.29 is 36.8 Å². The Morgan fingerprint density at radius 1 is 0.979 bits per heavy atom. The summed E-state index contributed by atoms with van der Waals surface area (Å²) in [5, 5.41) is 6.57. The highest BCUT2D eigenvalue weighted by Crippen LogP contribution is 2.36. The first-order valence-corrected chi connectivity index (χ1v) is 17.1. The molecule has 13 heteroatoms. The molecule has 1 aromatic carbocycles. The van der Waals surface area contributed by atoms with Gasteiger partial charge < -0.3 is 18.9 Å². The van der Waals surface area contributed by atoms with Crippen LogP contribution in [-0.4, -0.2) is 57.5 Å². The fourth-order valence-electron chi connectivity index (χ4n) is 5.48. The lowest BCUT2D eigenvalue weighted by Gasteiger charge is -2.33. The third kappa shape index (κ3) is 13.1. The first kappa shape index (κ1) is 38.8. The van der Waals surface area contributed by atoms with Gasteiger partial charge in [0.2, 0.25) is 17.7 Å². The van der Waals surface area contributed by atoms with Gasteiger partial charge >= 0.3 is 18.4 Å². The van der Waals surface area contributed by atoms with E-state index in [0.717, 1.165) is 25.3 Å². The summed E-state index contributed by atoms with van der Waals surface area (Å²) in [6.07, 6.45) is 3.93. The summed E-state index contributed by atoms with van der Waals surface area (Å²) in [6.45, 7) is 13.1. The molecule has 1 aromatic heterocycles. The first-order valence-electron chi connectivity index (χ1n) is 17.1. The summed E-state index contributed by atoms with van der Waals surface area (Å²) in [4.78, 5) is 35.4. The molecule has 1 atom stereocenters. The minimum atomic E-state index is -4.52. The van der Waals surface area contributed by atoms with Crippen molar-refractivity contribution in [1.29, 1.82) is 0 Å². The van der Waals surface area contributed by atoms with E-state index in [2.05, 4.69) is 27.4 Å². The van der Waals surface area contributed by atoms with Crippen LogP contribution in [0.3, 0.4) is 0 Å². The number of aliphatic imine (C=N–C) groups is 1. The van der Waals surface area contributed by atoms with Crippen LogP contribution in [0.2, 0.25) is 0 Å². The van der Waals surface area contributed by atoms with Crippen molar-refractivity contribution in [2.75, 3.05) is 13.1 Å². The number of guanidine groups is 1. The number of rotatable bonds is 11. The van der Waals surface area contributed by atoms with Gasteiger partial charge in [0.25, 0.3) is 0 Å². The fraction of sp³-hybridized carbons (Fsp3) is 0.686. The number of likely N-dealkylation sites (tertiary alicyclic amines) is 1. The molecule has 2 amide bonds. The van der Waals surface area contributed by atoms with Gasteiger partial charge in [-0.25, -0.2) is 9.59 Å². The second-order valence-corrected chi connectivity index (χ2v) is 14.4. The van der Waals surface area contributed by atoms with Crippen molar-refractivity contribution >= 4 is 18.1 Å². The monoisotopic (exact) mass is 679 g/mol. The van der Waals surface area contributed by atoms with E-state index in [1.807, 2.05) is 0 Å². The largest absolute Gasteiger partial charge is 0.444 e. The van der Waals surface area contributed by atoms with Gasteiger partial charge in [0.1, 0.15) is 11.2 Å². The Morgan fingerprint density at radius 3 is 2.25 bits per heavy atom. The molecule has 48 heavy (non-hydrogen) atoms. The summed E-state index contributed by atoms with van der Waals surface area (Å²) < 4.78 is 58.6. The van der Waals surface area contributed by atoms with Gasteiger partial charge in [-0.3, -0.25) is 5.32 Å². The number of nitrogens with zero attached hydrogens (tertiary/aromatic N) is 4. The van der Waals surface area contributed by atoms with Crippen LogP contribution in [-0.2, 0) is 22.1 Å². The molecule has 0 bridgehead atoms. The summed E-state index contributed by atoms with van der Waals surface area (Å²) in [7, 11) is 0. The molecule has 3 rings (SSSR count). The smallest absolute Gasteiger partial charge is 0.437 e. The van der Waals surface area contributed by atoms with Crippen molar-refractivity contribution in [2.45, 2.75) is 142 Å². The van der Waals surface area contributed by atoms with E-state index in [1.54, 1.807) is 52.5 Å². The molecule has 0 spiro atoms. The van der Waals surface area contributed by atoms with E-state index in [9.17, 15) is 22.8 Å². The van der Waals surface area contributed by atoms with E-state index in [1.165, 1.54) is 31.7 Å². The Morgan fingerprint density at radius 2 is 1.62 bits per heavy atom. The third-order valence-corrected chi connectivity index (χ3v) is 7.69. The third-order valence-electron chi connectivity index (χ3n) is 7.69. The number of hydrogen-bond donors (Lipinski definition) is 1. The molecule has 2 heterocycles. The van der Waals surface area contributed by atoms with Gasteiger partial charge in [0, 0.05) is 18.7 Å². The molecule has 10 nitrogen and oxygen atoms in total. The summed E-state index contributed by atoms with van der Waals surface area (Å²) >= 11 is 0. The van der Waals surface area contributed by atoms with E-state index < -0.39 is 35.1 Å². The SMILES string of the molecule is CCCCCCCCCCc1ccc(-c2noc([C@@H]3CCCN(C(=NC(=O)OC(C)(C)C)NC(=O)OC(C)(C)C)C3)n2)cc1C(F)(F)F. The van der Waals surface area contributed by atoms with Gasteiger partial charge in [-0.2, -0.15) is 18.2 Å². The number of halogens is 3. The van der Waals surface area contributed by atoms with Gasteiger partial charge in [-0.1, -0.05) is 69.2 Å². The van der Waals surface area contributed by atoms with Gasteiger partial charge in [0.15, 0.2) is 0 Å². The van der Waals surface area contributed by atoms with Crippen LogP contribution in [0.15, 0.2) is 27.7 Å². The number of nitrogens with one attached hydrogen (secondary N) is 1. The lowest BCUT2D eigenvalue weighted by Crippen LogP contribution is -2.49. The highest BCUT2D eigenvalue weighted by atomic mass is 19.4. The number of alkyl carbamates (subject to hydrolysis) is 1. The quantitative estimate of drug-likeness (QED) is 0.142. The average molecular weight is 680 g/mol. The molecule has 1 aliphatic rings. The Hall–Kier alpha value is -3.64. The van der Waals surface area contributed by atoms with Crippen LogP contribution in [0.1, 0.15) is 136 Å². The number of ether oxygens (including phenoxy) is 2. The number of unbranched alkanes of at least 4 members (excludes halogenated alkanes) is 7. The molecule has 0 saturated carbocycles. The number of alkyl halides is 3. The molecule has 0 unspecified atom stereocenters. The zero-order valence-electron chi connectivity index (χ0n) is 29.5. The first-order chi connectivity index (χ1) is 22.4.